The fourth-order valence-electron chi connectivity index (χ4n) is 3.02. The zero-order chi connectivity index (χ0) is 15.1. The van der Waals surface area contributed by atoms with Gasteiger partial charge < -0.3 is 4.79 Å². The van der Waals surface area contributed by atoms with E-state index in [2.05, 4.69) is 5.10 Å². The van der Waals surface area contributed by atoms with Crippen molar-refractivity contribution in [1.82, 2.24) is 14.3 Å². The summed E-state index contributed by atoms with van der Waals surface area (Å²) in [6, 6.07) is 3.85. The van der Waals surface area contributed by atoms with Crippen LogP contribution in [0.4, 0.5) is 0 Å². The summed E-state index contributed by atoms with van der Waals surface area (Å²) in [4.78, 5) is 23.6. The summed E-state index contributed by atoms with van der Waals surface area (Å²) in [6.45, 7) is 4.62. The summed E-state index contributed by atoms with van der Waals surface area (Å²) in [6.07, 6.45) is 2.96. The smallest absolute Gasteiger partial charge is 0.259 e. The summed E-state index contributed by atoms with van der Waals surface area (Å²) in [7, 11) is 1.76. The lowest BCUT2D eigenvalue weighted by Crippen LogP contribution is -2.20. The highest BCUT2D eigenvalue weighted by molar-refractivity contribution is 6.07. The highest BCUT2D eigenvalue weighted by Gasteiger charge is 2.16. The first-order chi connectivity index (χ1) is 10.1. The monoisotopic (exact) mass is 283 g/mol. The first kappa shape index (κ1) is 13.5. The van der Waals surface area contributed by atoms with Gasteiger partial charge in [0.05, 0.1) is 6.20 Å². The van der Waals surface area contributed by atoms with Crippen LogP contribution in [0.2, 0.25) is 0 Å². The third-order valence-corrected chi connectivity index (χ3v) is 3.90. The molecule has 0 saturated carbocycles. The van der Waals surface area contributed by atoms with Crippen LogP contribution in [-0.4, -0.2) is 20.6 Å². The Kier molecular flexibility index (Phi) is 3.12. The number of hydrogen-bond acceptors (Lipinski definition) is 3. The second-order valence-electron chi connectivity index (χ2n) is 5.28. The molecule has 0 spiro atoms. The zero-order valence-electron chi connectivity index (χ0n) is 12.4. The van der Waals surface area contributed by atoms with E-state index in [-0.39, 0.29) is 5.56 Å². The van der Waals surface area contributed by atoms with Crippen LogP contribution in [0.15, 0.2) is 23.1 Å². The number of benzene rings is 1. The normalized spacial score (nSPS) is 11.4. The molecular formula is C16H17N3O2. The van der Waals surface area contributed by atoms with Gasteiger partial charge in [-0.3, -0.25) is 9.36 Å². The molecule has 21 heavy (non-hydrogen) atoms. The average Bonchev–Trinajstić information content (AvgIpc) is 2.88. The molecule has 0 atom stereocenters. The van der Waals surface area contributed by atoms with Gasteiger partial charge in [0.2, 0.25) is 0 Å². The Hall–Kier alpha value is -2.43. The number of carbonyl (C=O) groups is 1. The molecule has 5 nitrogen and oxygen atoms in total. The van der Waals surface area contributed by atoms with Gasteiger partial charge in [-0.15, -0.1) is 0 Å². The van der Waals surface area contributed by atoms with Crippen LogP contribution in [0, 0.1) is 6.92 Å². The Labute approximate surface area is 121 Å². The number of aryl methyl sites for hydroxylation is 3. The van der Waals surface area contributed by atoms with Gasteiger partial charge in [-0.25, -0.2) is 4.68 Å². The molecule has 0 N–H and O–H groups in total. The topological polar surface area (TPSA) is 56.9 Å². The summed E-state index contributed by atoms with van der Waals surface area (Å²) < 4.78 is 3.44. The number of fused-ring (bicyclic) bond motifs is 3. The molecular weight excluding hydrogens is 266 g/mol. The Balaban J connectivity index is 2.62. The molecule has 5 heteroatoms. The fourth-order valence-corrected chi connectivity index (χ4v) is 3.02. The molecule has 0 aliphatic rings. The van der Waals surface area contributed by atoms with E-state index in [1.54, 1.807) is 22.5 Å². The molecule has 0 fully saturated rings. The number of rotatable bonds is 3. The van der Waals surface area contributed by atoms with E-state index in [9.17, 15) is 9.59 Å². The average molecular weight is 283 g/mol. The third kappa shape index (κ3) is 1.88. The SMILES string of the molecule is CCn1ncc2c3c(CC=O)cc(C)cc3c(=O)n(C)c21. The van der Waals surface area contributed by atoms with Crippen molar-refractivity contribution in [3.8, 4) is 0 Å². The highest BCUT2D eigenvalue weighted by Crippen LogP contribution is 2.27. The molecule has 2 aromatic heterocycles. The molecule has 0 saturated heterocycles. The van der Waals surface area contributed by atoms with Crippen molar-refractivity contribution in [1.29, 1.82) is 0 Å². The van der Waals surface area contributed by atoms with Crippen LogP contribution in [0.25, 0.3) is 21.8 Å². The Morgan fingerprint density at radius 1 is 1.29 bits per heavy atom. The number of pyridine rings is 1. The van der Waals surface area contributed by atoms with Crippen LogP contribution < -0.4 is 5.56 Å². The van der Waals surface area contributed by atoms with Crippen LogP contribution in [-0.2, 0) is 24.8 Å². The second kappa shape index (κ2) is 4.84. The predicted molar refractivity (Wildman–Crippen MR) is 82.7 cm³/mol. The number of aldehydes is 1. The maximum atomic E-state index is 12.7. The minimum Gasteiger partial charge on any atom is -0.303 e. The van der Waals surface area contributed by atoms with E-state index in [1.807, 2.05) is 26.0 Å². The molecule has 2 heterocycles. The molecule has 0 unspecified atom stereocenters. The van der Waals surface area contributed by atoms with Gasteiger partial charge in [-0.05, 0) is 25.5 Å². The minimum atomic E-state index is -0.0523. The molecule has 0 aliphatic carbocycles. The summed E-state index contributed by atoms with van der Waals surface area (Å²) in [5, 5.41) is 6.78. The van der Waals surface area contributed by atoms with Gasteiger partial charge in [0.15, 0.2) is 0 Å². The third-order valence-electron chi connectivity index (χ3n) is 3.90. The van der Waals surface area contributed by atoms with Gasteiger partial charge in [-0.1, -0.05) is 11.6 Å². The zero-order valence-corrected chi connectivity index (χ0v) is 12.4. The van der Waals surface area contributed by atoms with Gasteiger partial charge in [0, 0.05) is 36.2 Å². The lowest BCUT2D eigenvalue weighted by atomic mass is 9.98. The summed E-state index contributed by atoms with van der Waals surface area (Å²) >= 11 is 0. The van der Waals surface area contributed by atoms with Crippen molar-refractivity contribution in [3.05, 3.63) is 39.8 Å². The quantitative estimate of drug-likeness (QED) is 0.690. The maximum Gasteiger partial charge on any atom is 0.259 e. The second-order valence-corrected chi connectivity index (χ2v) is 5.28. The standard InChI is InChI=1S/C16H17N3O2/c1-4-19-15-13(9-17-19)14-11(5-6-20)7-10(2)8-12(14)16(21)18(15)3/h6-9H,4-5H2,1-3H3. The molecule has 3 aromatic rings. The van der Waals surface area contributed by atoms with Crippen molar-refractivity contribution in [2.45, 2.75) is 26.8 Å². The summed E-state index contributed by atoms with van der Waals surface area (Å²) in [5.41, 5.74) is 2.62. The Bertz CT molecular complexity index is 919. The largest absolute Gasteiger partial charge is 0.303 e. The van der Waals surface area contributed by atoms with Crippen molar-refractivity contribution in [2.24, 2.45) is 7.05 Å². The van der Waals surface area contributed by atoms with E-state index in [4.69, 9.17) is 0 Å². The molecule has 0 aliphatic heterocycles. The van der Waals surface area contributed by atoms with Crippen LogP contribution in [0.3, 0.4) is 0 Å². The highest BCUT2D eigenvalue weighted by atomic mass is 16.1. The van der Waals surface area contributed by atoms with Gasteiger partial charge >= 0.3 is 0 Å². The van der Waals surface area contributed by atoms with Crippen molar-refractivity contribution in [2.75, 3.05) is 0 Å². The van der Waals surface area contributed by atoms with E-state index in [1.165, 1.54) is 0 Å². The molecule has 0 bridgehead atoms. The maximum absolute atomic E-state index is 12.7. The van der Waals surface area contributed by atoms with E-state index >= 15 is 0 Å². The van der Waals surface area contributed by atoms with Crippen molar-refractivity contribution in [3.63, 3.8) is 0 Å². The molecule has 0 radical (unpaired) electrons. The van der Waals surface area contributed by atoms with Crippen LogP contribution in [0.1, 0.15) is 18.1 Å². The number of aromatic nitrogens is 3. The minimum absolute atomic E-state index is 0.0523. The predicted octanol–water partition coefficient (Wildman–Crippen LogP) is 1.96. The molecule has 1 aromatic carbocycles. The number of hydrogen-bond donors (Lipinski definition) is 0. The first-order valence-electron chi connectivity index (χ1n) is 6.99. The number of carbonyl (C=O) groups excluding carboxylic acids is 1. The first-order valence-corrected chi connectivity index (χ1v) is 6.99. The van der Waals surface area contributed by atoms with E-state index in [0.29, 0.717) is 18.4 Å². The fraction of sp³-hybridized carbons (Fsp3) is 0.312. The van der Waals surface area contributed by atoms with Crippen molar-refractivity contribution < 1.29 is 4.79 Å². The number of nitrogens with zero attached hydrogens (tertiary/aromatic N) is 3. The Morgan fingerprint density at radius 2 is 2.05 bits per heavy atom. The van der Waals surface area contributed by atoms with Crippen LogP contribution >= 0.6 is 0 Å². The van der Waals surface area contributed by atoms with Gasteiger partial charge in [0.25, 0.3) is 5.56 Å². The molecule has 0 amide bonds. The van der Waals surface area contributed by atoms with E-state index < -0.39 is 0 Å². The molecule has 108 valence electrons. The lowest BCUT2D eigenvalue weighted by Gasteiger charge is -2.11. The molecule has 3 rings (SSSR count). The van der Waals surface area contributed by atoms with Gasteiger partial charge in [0.1, 0.15) is 11.9 Å². The Morgan fingerprint density at radius 3 is 2.71 bits per heavy atom. The summed E-state index contributed by atoms with van der Waals surface area (Å²) in [5.74, 6) is 0. The van der Waals surface area contributed by atoms with Crippen LogP contribution in [0.5, 0.6) is 0 Å². The lowest BCUT2D eigenvalue weighted by molar-refractivity contribution is -0.107. The van der Waals surface area contributed by atoms with Crippen molar-refractivity contribution >= 4 is 28.1 Å². The van der Waals surface area contributed by atoms with Gasteiger partial charge in [-0.2, -0.15) is 5.10 Å². The van der Waals surface area contributed by atoms with E-state index in [0.717, 1.165) is 33.8 Å².